The third-order valence-electron chi connectivity index (χ3n) is 3.00. The molecule has 0 spiro atoms. The van der Waals surface area contributed by atoms with Crippen LogP contribution in [0.5, 0.6) is 5.75 Å². The van der Waals surface area contributed by atoms with Gasteiger partial charge in [-0.1, -0.05) is 13.0 Å². The van der Waals surface area contributed by atoms with Crippen LogP contribution in [0, 0.1) is 0 Å². The van der Waals surface area contributed by atoms with Gasteiger partial charge in [0.25, 0.3) is 0 Å². The first kappa shape index (κ1) is 11.9. The normalized spacial score (nSPS) is 19.0. The highest BCUT2D eigenvalue weighted by Gasteiger charge is 2.10. The molecule has 1 aromatic rings. The average Bonchev–Trinajstić information content (AvgIpc) is 2.40. The number of hydrogen-bond acceptors (Lipinski definition) is 2. The Morgan fingerprint density at radius 3 is 2.71 bits per heavy atom. The van der Waals surface area contributed by atoms with Crippen LogP contribution in [0.4, 0.5) is 0 Å². The molecule has 1 aliphatic rings. The fourth-order valence-corrected chi connectivity index (χ4v) is 1.98. The van der Waals surface area contributed by atoms with Gasteiger partial charge >= 0.3 is 0 Å². The molecule has 1 aliphatic carbocycles. The molecule has 0 saturated carbocycles. The molecule has 2 nitrogen and oxygen atoms in total. The highest BCUT2D eigenvalue weighted by atomic mass is 16.5. The van der Waals surface area contributed by atoms with Gasteiger partial charge in [-0.05, 0) is 49.6 Å². The molecule has 90 valence electrons. The van der Waals surface area contributed by atoms with E-state index < -0.39 is 0 Å². The van der Waals surface area contributed by atoms with Crippen LogP contribution in [-0.4, -0.2) is 11.9 Å². The molecule has 0 heterocycles. The molecular formula is C15H18O2. The SMILES string of the molecule is CCC(=O)c1ccc(OC2C=CCCC2)cc1. The Labute approximate surface area is 102 Å². The van der Waals surface area contributed by atoms with E-state index in [1.165, 1.54) is 6.42 Å². The third-order valence-corrected chi connectivity index (χ3v) is 3.00. The number of carbonyl (C=O) groups excluding carboxylic acids is 1. The van der Waals surface area contributed by atoms with E-state index in [1.54, 1.807) is 0 Å². The van der Waals surface area contributed by atoms with Crippen molar-refractivity contribution in [2.45, 2.75) is 38.7 Å². The van der Waals surface area contributed by atoms with Crippen molar-refractivity contribution in [2.24, 2.45) is 0 Å². The van der Waals surface area contributed by atoms with Gasteiger partial charge in [0.2, 0.25) is 0 Å². The Hall–Kier alpha value is -1.57. The predicted molar refractivity (Wildman–Crippen MR) is 68.5 cm³/mol. The van der Waals surface area contributed by atoms with Crippen LogP contribution < -0.4 is 4.74 Å². The molecule has 0 radical (unpaired) electrons. The van der Waals surface area contributed by atoms with Crippen LogP contribution in [0.15, 0.2) is 36.4 Å². The molecule has 1 unspecified atom stereocenters. The first-order valence-electron chi connectivity index (χ1n) is 6.26. The van der Waals surface area contributed by atoms with Crippen molar-refractivity contribution in [1.82, 2.24) is 0 Å². The molecule has 0 saturated heterocycles. The lowest BCUT2D eigenvalue weighted by Crippen LogP contribution is -2.15. The second kappa shape index (κ2) is 5.67. The van der Waals surface area contributed by atoms with Crippen molar-refractivity contribution in [2.75, 3.05) is 0 Å². The number of ether oxygens (including phenoxy) is 1. The van der Waals surface area contributed by atoms with Crippen LogP contribution >= 0.6 is 0 Å². The first-order chi connectivity index (χ1) is 8.29. The largest absolute Gasteiger partial charge is 0.486 e. The molecule has 0 amide bonds. The van der Waals surface area contributed by atoms with Crippen LogP contribution in [-0.2, 0) is 0 Å². The van der Waals surface area contributed by atoms with Crippen molar-refractivity contribution in [1.29, 1.82) is 0 Å². The second-order valence-corrected chi connectivity index (χ2v) is 4.32. The molecule has 2 rings (SSSR count). The summed E-state index contributed by atoms with van der Waals surface area (Å²) in [5.74, 6) is 1.02. The zero-order valence-electron chi connectivity index (χ0n) is 10.2. The van der Waals surface area contributed by atoms with E-state index in [-0.39, 0.29) is 11.9 Å². The van der Waals surface area contributed by atoms with Gasteiger partial charge < -0.3 is 4.74 Å². The predicted octanol–water partition coefficient (Wildman–Crippen LogP) is 3.77. The summed E-state index contributed by atoms with van der Waals surface area (Å²) in [6.45, 7) is 1.87. The summed E-state index contributed by atoms with van der Waals surface area (Å²) >= 11 is 0. The average molecular weight is 230 g/mol. The van der Waals surface area contributed by atoms with Gasteiger partial charge in [-0.25, -0.2) is 0 Å². The molecule has 17 heavy (non-hydrogen) atoms. The number of ketones is 1. The third kappa shape index (κ3) is 3.19. The Morgan fingerprint density at radius 2 is 2.12 bits per heavy atom. The number of Topliss-reactive ketones (excluding diaryl/α,β-unsaturated/α-hetero) is 1. The van der Waals surface area contributed by atoms with Gasteiger partial charge in [-0.3, -0.25) is 4.79 Å². The van der Waals surface area contributed by atoms with Crippen molar-refractivity contribution < 1.29 is 9.53 Å². The standard InChI is InChI=1S/C15H18O2/c1-2-15(16)12-8-10-14(11-9-12)17-13-6-4-3-5-7-13/h4,6,8-11,13H,2-3,5,7H2,1H3. The van der Waals surface area contributed by atoms with Crippen molar-refractivity contribution in [3.8, 4) is 5.75 Å². The highest BCUT2D eigenvalue weighted by Crippen LogP contribution is 2.19. The van der Waals surface area contributed by atoms with Crippen LogP contribution in [0.2, 0.25) is 0 Å². The quantitative estimate of drug-likeness (QED) is 0.581. The van der Waals surface area contributed by atoms with Gasteiger partial charge in [0.05, 0.1) is 0 Å². The van der Waals surface area contributed by atoms with Crippen molar-refractivity contribution >= 4 is 5.78 Å². The van der Waals surface area contributed by atoms with Crippen molar-refractivity contribution in [3.63, 3.8) is 0 Å². The molecule has 2 heteroatoms. The molecular weight excluding hydrogens is 212 g/mol. The number of allylic oxidation sites excluding steroid dienone is 1. The first-order valence-corrected chi connectivity index (χ1v) is 6.26. The van der Waals surface area contributed by atoms with E-state index in [4.69, 9.17) is 4.74 Å². The lowest BCUT2D eigenvalue weighted by atomic mass is 10.1. The maximum atomic E-state index is 11.5. The molecule has 0 bridgehead atoms. The molecule has 1 atom stereocenters. The number of carbonyl (C=O) groups is 1. The van der Waals surface area contributed by atoms with Gasteiger partial charge in [0.15, 0.2) is 5.78 Å². The summed E-state index contributed by atoms with van der Waals surface area (Å²) < 4.78 is 5.83. The Balaban J connectivity index is 2.00. The minimum Gasteiger partial charge on any atom is -0.486 e. The maximum Gasteiger partial charge on any atom is 0.162 e. The number of rotatable bonds is 4. The van der Waals surface area contributed by atoms with Crippen LogP contribution in [0.3, 0.4) is 0 Å². The van der Waals surface area contributed by atoms with Crippen LogP contribution in [0.25, 0.3) is 0 Å². The molecule has 0 aromatic heterocycles. The fraction of sp³-hybridized carbons (Fsp3) is 0.400. The van der Waals surface area contributed by atoms with Crippen molar-refractivity contribution in [3.05, 3.63) is 42.0 Å². The van der Waals surface area contributed by atoms with E-state index >= 15 is 0 Å². The van der Waals surface area contributed by atoms with Crippen LogP contribution in [0.1, 0.15) is 43.0 Å². The summed E-state index contributed by atoms with van der Waals surface area (Å²) in [7, 11) is 0. The summed E-state index contributed by atoms with van der Waals surface area (Å²) in [6, 6.07) is 7.44. The summed E-state index contributed by atoms with van der Waals surface area (Å²) in [5.41, 5.74) is 0.763. The van der Waals surface area contributed by atoms with E-state index in [9.17, 15) is 4.79 Å². The summed E-state index contributed by atoms with van der Waals surface area (Å²) in [5, 5.41) is 0. The van der Waals surface area contributed by atoms with Gasteiger partial charge in [0.1, 0.15) is 11.9 Å². The monoisotopic (exact) mass is 230 g/mol. The molecule has 1 aromatic carbocycles. The molecule has 0 fully saturated rings. The summed E-state index contributed by atoms with van der Waals surface area (Å²) in [4.78, 5) is 11.5. The zero-order valence-corrected chi connectivity index (χ0v) is 10.2. The minimum absolute atomic E-state index is 0.175. The maximum absolute atomic E-state index is 11.5. The molecule has 0 aliphatic heterocycles. The lowest BCUT2D eigenvalue weighted by molar-refractivity contribution is 0.0988. The zero-order chi connectivity index (χ0) is 12.1. The Bertz CT molecular complexity index is 403. The van der Waals surface area contributed by atoms with E-state index in [1.807, 2.05) is 31.2 Å². The fourth-order valence-electron chi connectivity index (χ4n) is 1.98. The highest BCUT2D eigenvalue weighted by molar-refractivity contribution is 5.95. The second-order valence-electron chi connectivity index (χ2n) is 4.32. The van der Waals surface area contributed by atoms with E-state index in [0.717, 1.165) is 24.2 Å². The number of benzene rings is 1. The lowest BCUT2D eigenvalue weighted by Gasteiger charge is -2.18. The topological polar surface area (TPSA) is 26.3 Å². The van der Waals surface area contributed by atoms with E-state index in [0.29, 0.717) is 6.42 Å². The van der Waals surface area contributed by atoms with Gasteiger partial charge in [-0.2, -0.15) is 0 Å². The molecule has 0 N–H and O–H groups in total. The smallest absolute Gasteiger partial charge is 0.162 e. The van der Waals surface area contributed by atoms with Gasteiger partial charge in [-0.15, -0.1) is 0 Å². The van der Waals surface area contributed by atoms with E-state index in [2.05, 4.69) is 12.2 Å². The minimum atomic E-state index is 0.175. The Kier molecular flexibility index (Phi) is 3.97. The summed E-state index contributed by atoms with van der Waals surface area (Å²) in [6.07, 6.45) is 8.45. The van der Waals surface area contributed by atoms with Gasteiger partial charge in [0, 0.05) is 12.0 Å². The Morgan fingerprint density at radius 1 is 1.35 bits per heavy atom. The number of hydrogen-bond donors (Lipinski definition) is 0.